The standard InChI is InChI=1S/C16H29NO4S/c1-5-7-9-22-10-8-13(18)17-16(14(19)20)11-12(21-6-2)15(16,3)4/h12H,5-11H2,1-4H3,(H,17,18)(H,19,20). The molecule has 0 bridgehead atoms. The van der Waals surface area contributed by atoms with Crippen LogP contribution in [0.4, 0.5) is 0 Å². The lowest BCUT2D eigenvalue weighted by atomic mass is 9.54. The van der Waals surface area contributed by atoms with Gasteiger partial charge >= 0.3 is 5.97 Å². The number of thioether (sulfide) groups is 1. The molecular formula is C16H29NO4S. The van der Waals surface area contributed by atoms with Crippen LogP contribution in [0, 0.1) is 5.41 Å². The Morgan fingerprint density at radius 1 is 1.32 bits per heavy atom. The van der Waals surface area contributed by atoms with E-state index in [4.69, 9.17) is 4.74 Å². The van der Waals surface area contributed by atoms with Crippen LogP contribution in [-0.2, 0) is 14.3 Å². The van der Waals surface area contributed by atoms with Gasteiger partial charge in [-0.3, -0.25) is 4.79 Å². The number of nitrogens with one attached hydrogen (secondary N) is 1. The van der Waals surface area contributed by atoms with Gasteiger partial charge in [-0.05, 0) is 19.1 Å². The third-order valence-electron chi connectivity index (χ3n) is 4.60. The van der Waals surface area contributed by atoms with Crippen molar-refractivity contribution < 1.29 is 19.4 Å². The zero-order valence-electron chi connectivity index (χ0n) is 14.1. The molecule has 1 fully saturated rings. The van der Waals surface area contributed by atoms with E-state index in [0.29, 0.717) is 19.4 Å². The Balaban J connectivity index is 2.55. The molecule has 0 spiro atoms. The number of rotatable bonds is 10. The normalized spacial score (nSPS) is 26.3. The number of unbranched alkanes of at least 4 members (excludes halogenated alkanes) is 1. The Kier molecular flexibility index (Phi) is 7.19. The van der Waals surface area contributed by atoms with E-state index in [1.54, 1.807) is 11.8 Å². The summed E-state index contributed by atoms with van der Waals surface area (Å²) in [5, 5.41) is 12.4. The van der Waals surface area contributed by atoms with Crippen LogP contribution in [0.25, 0.3) is 0 Å². The Morgan fingerprint density at radius 2 is 2.00 bits per heavy atom. The highest BCUT2D eigenvalue weighted by Gasteiger charge is 2.66. The van der Waals surface area contributed by atoms with Crippen molar-refractivity contribution in [2.45, 2.75) is 65.0 Å². The van der Waals surface area contributed by atoms with Gasteiger partial charge < -0.3 is 15.2 Å². The van der Waals surface area contributed by atoms with Gasteiger partial charge in [0.05, 0.1) is 6.10 Å². The Morgan fingerprint density at radius 3 is 2.50 bits per heavy atom. The van der Waals surface area contributed by atoms with E-state index >= 15 is 0 Å². The third kappa shape index (κ3) is 3.96. The van der Waals surface area contributed by atoms with E-state index in [-0.39, 0.29) is 12.0 Å². The number of hydrogen-bond donors (Lipinski definition) is 2. The van der Waals surface area contributed by atoms with Gasteiger partial charge in [-0.15, -0.1) is 0 Å². The zero-order valence-corrected chi connectivity index (χ0v) is 14.9. The molecule has 1 saturated carbocycles. The van der Waals surface area contributed by atoms with Crippen LogP contribution < -0.4 is 5.32 Å². The van der Waals surface area contributed by atoms with Crippen molar-refractivity contribution in [1.82, 2.24) is 5.32 Å². The number of amides is 1. The summed E-state index contributed by atoms with van der Waals surface area (Å²) in [4.78, 5) is 23.9. The lowest BCUT2D eigenvalue weighted by Crippen LogP contribution is -2.76. The maximum absolute atomic E-state index is 12.1. The van der Waals surface area contributed by atoms with Gasteiger partial charge in [0.2, 0.25) is 5.91 Å². The molecule has 0 aromatic heterocycles. The van der Waals surface area contributed by atoms with Gasteiger partial charge in [0.25, 0.3) is 0 Å². The van der Waals surface area contributed by atoms with E-state index in [1.807, 2.05) is 20.8 Å². The molecule has 22 heavy (non-hydrogen) atoms. The minimum Gasteiger partial charge on any atom is -0.479 e. The molecule has 2 unspecified atom stereocenters. The highest BCUT2D eigenvalue weighted by molar-refractivity contribution is 7.99. The van der Waals surface area contributed by atoms with Crippen molar-refractivity contribution in [2.24, 2.45) is 5.41 Å². The van der Waals surface area contributed by atoms with Crippen molar-refractivity contribution in [2.75, 3.05) is 18.1 Å². The average Bonchev–Trinajstić information content (AvgIpc) is 2.45. The van der Waals surface area contributed by atoms with Gasteiger partial charge in [0, 0.05) is 30.6 Å². The van der Waals surface area contributed by atoms with E-state index in [1.165, 1.54) is 0 Å². The predicted molar refractivity (Wildman–Crippen MR) is 89.2 cm³/mol. The summed E-state index contributed by atoms with van der Waals surface area (Å²) in [6.45, 7) is 8.27. The molecule has 128 valence electrons. The number of aliphatic carboxylic acids is 1. The van der Waals surface area contributed by atoms with Crippen LogP contribution in [0.2, 0.25) is 0 Å². The van der Waals surface area contributed by atoms with Crippen molar-refractivity contribution >= 4 is 23.6 Å². The molecule has 0 heterocycles. The molecular weight excluding hydrogens is 302 g/mol. The second kappa shape index (κ2) is 8.20. The Hall–Kier alpha value is -0.750. The second-order valence-electron chi connectivity index (χ2n) is 6.34. The monoisotopic (exact) mass is 331 g/mol. The topological polar surface area (TPSA) is 75.6 Å². The summed E-state index contributed by atoms with van der Waals surface area (Å²) in [5.41, 5.74) is -1.82. The van der Waals surface area contributed by atoms with E-state index < -0.39 is 16.9 Å². The van der Waals surface area contributed by atoms with Gasteiger partial charge in [-0.25, -0.2) is 4.79 Å². The number of ether oxygens (including phenoxy) is 1. The van der Waals surface area contributed by atoms with Crippen molar-refractivity contribution in [1.29, 1.82) is 0 Å². The van der Waals surface area contributed by atoms with E-state index in [9.17, 15) is 14.7 Å². The van der Waals surface area contributed by atoms with E-state index in [0.717, 1.165) is 24.3 Å². The predicted octanol–water partition coefficient (Wildman–Crippen LogP) is 2.68. The summed E-state index contributed by atoms with van der Waals surface area (Å²) in [6, 6.07) is 0. The lowest BCUT2D eigenvalue weighted by Gasteiger charge is -2.58. The molecule has 0 aromatic rings. The quantitative estimate of drug-likeness (QED) is 0.602. The molecule has 6 heteroatoms. The molecule has 1 rings (SSSR count). The third-order valence-corrected chi connectivity index (χ3v) is 5.67. The Bertz CT molecular complexity index is 400. The van der Waals surface area contributed by atoms with E-state index in [2.05, 4.69) is 12.2 Å². The van der Waals surface area contributed by atoms with Gasteiger partial charge in [0.15, 0.2) is 0 Å². The number of carboxylic acid groups (broad SMARTS) is 1. The fraction of sp³-hybridized carbons (Fsp3) is 0.875. The first-order chi connectivity index (χ1) is 10.3. The number of carbonyl (C=O) groups is 2. The van der Waals surface area contributed by atoms with Gasteiger partial charge in [-0.1, -0.05) is 27.2 Å². The van der Waals surface area contributed by atoms with Crippen molar-refractivity contribution in [3.63, 3.8) is 0 Å². The highest BCUT2D eigenvalue weighted by atomic mass is 32.2. The lowest BCUT2D eigenvalue weighted by molar-refractivity contribution is -0.194. The average molecular weight is 331 g/mol. The fourth-order valence-electron chi connectivity index (χ4n) is 2.85. The Labute approximate surface area is 137 Å². The summed E-state index contributed by atoms with van der Waals surface area (Å²) in [6.07, 6.45) is 2.85. The van der Waals surface area contributed by atoms with Crippen LogP contribution in [0.1, 0.15) is 53.4 Å². The molecule has 1 aliphatic rings. The number of carboxylic acids is 1. The number of carbonyl (C=O) groups excluding carboxylic acids is 1. The molecule has 0 saturated heterocycles. The first-order valence-electron chi connectivity index (χ1n) is 8.05. The SMILES string of the molecule is CCCCSCCC(=O)NC1(C(=O)O)CC(OCC)C1(C)C. The maximum Gasteiger partial charge on any atom is 0.330 e. The first kappa shape index (κ1) is 19.3. The van der Waals surface area contributed by atoms with Gasteiger partial charge in [-0.2, -0.15) is 11.8 Å². The van der Waals surface area contributed by atoms with Crippen molar-refractivity contribution in [3.8, 4) is 0 Å². The summed E-state index contributed by atoms with van der Waals surface area (Å²) in [5.74, 6) is 0.623. The molecule has 5 nitrogen and oxygen atoms in total. The summed E-state index contributed by atoms with van der Waals surface area (Å²) in [7, 11) is 0. The van der Waals surface area contributed by atoms with Gasteiger partial charge in [0.1, 0.15) is 5.54 Å². The minimum absolute atomic E-state index is 0.132. The maximum atomic E-state index is 12.1. The molecule has 1 aliphatic carbocycles. The molecule has 0 radical (unpaired) electrons. The summed E-state index contributed by atoms with van der Waals surface area (Å²) < 4.78 is 5.59. The minimum atomic E-state index is -1.21. The highest BCUT2D eigenvalue weighted by Crippen LogP contribution is 2.51. The van der Waals surface area contributed by atoms with Crippen LogP contribution in [0.15, 0.2) is 0 Å². The second-order valence-corrected chi connectivity index (χ2v) is 7.57. The fourth-order valence-corrected chi connectivity index (χ4v) is 3.88. The summed E-state index contributed by atoms with van der Waals surface area (Å²) >= 11 is 1.74. The molecule has 2 atom stereocenters. The van der Waals surface area contributed by atoms with Crippen LogP contribution in [0.3, 0.4) is 0 Å². The zero-order chi connectivity index (χ0) is 16.8. The molecule has 0 aliphatic heterocycles. The largest absolute Gasteiger partial charge is 0.479 e. The molecule has 0 aromatic carbocycles. The number of hydrogen-bond acceptors (Lipinski definition) is 4. The van der Waals surface area contributed by atoms with Crippen LogP contribution in [-0.4, -0.2) is 46.7 Å². The van der Waals surface area contributed by atoms with Crippen LogP contribution in [0.5, 0.6) is 0 Å². The van der Waals surface area contributed by atoms with Crippen molar-refractivity contribution in [3.05, 3.63) is 0 Å². The first-order valence-corrected chi connectivity index (χ1v) is 9.21. The molecule has 2 N–H and O–H groups in total. The van der Waals surface area contributed by atoms with Crippen LogP contribution >= 0.6 is 11.8 Å². The molecule has 1 amide bonds. The smallest absolute Gasteiger partial charge is 0.330 e.